The lowest BCUT2D eigenvalue weighted by atomic mass is 10.1. The highest BCUT2D eigenvalue weighted by atomic mass is 35.5. The minimum absolute atomic E-state index is 0.406. The number of nitrogens with zero attached hydrogens (tertiary/aromatic N) is 3. The quantitative estimate of drug-likeness (QED) is 0.736. The molecule has 1 heterocycles. The highest BCUT2D eigenvalue weighted by molar-refractivity contribution is 6.43. The number of hydrogen-bond donors (Lipinski definition) is 2. The van der Waals surface area contributed by atoms with Crippen molar-refractivity contribution in [3.63, 3.8) is 0 Å². The minimum Gasteiger partial charge on any atom is -0.383 e. The zero-order valence-corrected chi connectivity index (χ0v) is 14.8. The fraction of sp³-hybridized carbons (Fsp3) is 0.375. The Bertz CT molecular complexity index is 661. The van der Waals surface area contributed by atoms with Crippen molar-refractivity contribution in [3.8, 4) is 0 Å². The summed E-state index contributed by atoms with van der Waals surface area (Å²) in [6, 6.07) is 5.34. The number of rotatable bonds is 7. The summed E-state index contributed by atoms with van der Waals surface area (Å²) in [5.74, 6) is 0.897. The van der Waals surface area contributed by atoms with Crippen molar-refractivity contribution < 1.29 is 0 Å². The zero-order valence-electron chi connectivity index (χ0n) is 13.3. The highest BCUT2D eigenvalue weighted by Gasteiger charge is 2.08. The van der Waals surface area contributed by atoms with Crippen molar-refractivity contribution in [2.75, 3.05) is 31.7 Å². The van der Waals surface area contributed by atoms with Gasteiger partial charge in [-0.15, -0.1) is 0 Å². The van der Waals surface area contributed by atoms with Gasteiger partial charge >= 0.3 is 0 Å². The van der Waals surface area contributed by atoms with Gasteiger partial charge in [-0.3, -0.25) is 0 Å². The van der Waals surface area contributed by atoms with Gasteiger partial charge in [0, 0.05) is 11.8 Å². The van der Waals surface area contributed by atoms with Crippen LogP contribution >= 0.6 is 23.2 Å². The molecule has 0 aliphatic rings. The molecule has 0 aliphatic heterocycles. The monoisotopic (exact) mass is 353 g/mol. The Kier molecular flexibility index (Phi) is 6.45. The van der Waals surface area contributed by atoms with E-state index in [1.54, 1.807) is 18.3 Å². The van der Waals surface area contributed by atoms with Gasteiger partial charge in [0.1, 0.15) is 5.82 Å². The summed E-state index contributed by atoms with van der Waals surface area (Å²) in [5.41, 5.74) is 7.64. The van der Waals surface area contributed by atoms with E-state index < -0.39 is 0 Å². The third-order valence-electron chi connectivity index (χ3n) is 3.40. The Morgan fingerprint density at radius 1 is 1.22 bits per heavy atom. The number of hydrogen-bond acceptors (Lipinski definition) is 5. The molecular weight excluding hydrogens is 333 g/mol. The molecule has 1 aromatic carbocycles. The molecule has 0 saturated carbocycles. The number of nitrogens with two attached hydrogens (primary N) is 1. The SMILES string of the molecule is CN(C)CCCCc1cnc(Nc2cccc(Cl)c2Cl)nc1N. The maximum atomic E-state index is 6.14. The molecule has 0 bridgehead atoms. The molecule has 0 fully saturated rings. The van der Waals surface area contributed by atoms with E-state index in [2.05, 4.69) is 34.3 Å². The second-order valence-corrected chi connectivity index (χ2v) is 6.38. The van der Waals surface area contributed by atoms with E-state index in [4.69, 9.17) is 28.9 Å². The Morgan fingerprint density at radius 3 is 2.70 bits per heavy atom. The lowest BCUT2D eigenvalue weighted by Gasteiger charge is -2.11. The molecule has 7 heteroatoms. The van der Waals surface area contributed by atoms with Crippen LogP contribution < -0.4 is 11.1 Å². The molecule has 5 nitrogen and oxygen atoms in total. The predicted octanol–water partition coefficient (Wildman–Crippen LogP) is 3.99. The van der Waals surface area contributed by atoms with E-state index in [0.717, 1.165) is 31.4 Å². The number of benzene rings is 1. The van der Waals surface area contributed by atoms with Crippen LogP contribution in [0.2, 0.25) is 10.0 Å². The maximum absolute atomic E-state index is 6.14. The first kappa shape index (κ1) is 17.8. The summed E-state index contributed by atoms with van der Waals surface area (Å²) >= 11 is 12.1. The predicted molar refractivity (Wildman–Crippen MR) is 97.7 cm³/mol. The molecule has 124 valence electrons. The second kappa shape index (κ2) is 8.34. The van der Waals surface area contributed by atoms with Gasteiger partial charge < -0.3 is 16.0 Å². The van der Waals surface area contributed by atoms with Crippen molar-refractivity contribution in [3.05, 3.63) is 40.0 Å². The second-order valence-electron chi connectivity index (χ2n) is 5.59. The zero-order chi connectivity index (χ0) is 16.8. The third-order valence-corrected chi connectivity index (χ3v) is 4.22. The lowest BCUT2D eigenvalue weighted by molar-refractivity contribution is 0.394. The van der Waals surface area contributed by atoms with E-state index in [1.165, 1.54) is 0 Å². The number of unbranched alkanes of at least 4 members (excludes halogenated alkanes) is 1. The van der Waals surface area contributed by atoms with Crippen molar-refractivity contribution in [1.29, 1.82) is 0 Å². The van der Waals surface area contributed by atoms with E-state index in [1.807, 2.05) is 6.07 Å². The molecule has 2 rings (SSSR count). The van der Waals surface area contributed by atoms with Crippen LogP contribution in [0.25, 0.3) is 0 Å². The molecule has 2 aromatic rings. The van der Waals surface area contributed by atoms with Gasteiger partial charge in [0.15, 0.2) is 0 Å². The maximum Gasteiger partial charge on any atom is 0.229 e. The van der Waals surface area contributed by atoms with Gasteiger partial charge in [-0.25, -0.2) is 4.98 Å². The van der Waals surface area contributed by atoms with Crippen LogP contribution in [0.3, 0.4) is 0 Å². The number of nitrogens with one attached hydrogen (secondary N) is 1. The molecule has 0 amide bonds. The van der Waals surface area contributed by atoms with Gasteiger partial charge in [-0.05, 0) is 52.0 Å². The smallest absolute Gasteiger partial charge is 0.229 e. The van der Waals surface area contributed by atoms with Crippen molar-refractivity contribution in [1.82, 2.24) is 14.9 Å². The summed E-state index contributed by atoms with van der Waals surface area (Å²) in [6.45, 7) is 1.06. The molecule has 0 radical (unpaired) electrons. The van der Waals surface area contributed by atoms with Crippen molar-refractivity contribution >= 4 is 40.7 Å². The molecule has 0 atom stereocenters. The van der Waals surface area contributed by atoms with Crippen molar-refractivity contribution in [2.45, 2.75) is 19.3 Å². The summed E-state index contributed by atoms with van der Waals surface area (Å²) in [7, 11) is 4.14. The molecule has 1 aromatic heterocycles. The van der Waals surface area contributed by atoms with E-state index in [0.29, 0.717) is 27.5 Å². The standard InChI is InChI=1S/C16H21Cl2N5/c1-23(2)9-4-3-6-11-10-20-16(22-15(11)19)21-13-8-5-7-12(17)14(13)18/h5,7-8,10H,3-4,6,9H2,1-2H3,(H3,19,20,21,22). The summed E-state index contributed by atoms with van der Waals surface area (Å²) < 4.78 is 0. The fourth-order valence-corrected chi connectivity index (χ4v) is 2.48. The number of aromatic nitrogens is 2. The summed E-state index contributed by atoms with van der Waals surface area (Å²) in [6.07, 6.45) is 4.81. The van der Waals surface area contributed by atoms with Crippen LogP contribution in [-0.4, -0.2) is 35.5 Å². The van der Waals surface area contributed by atoms with Crippen LogP contribution in [0.4, 0.5) is 17.5 Å². The van der Waals surface area contributed by atoms with Crippen LogP contribution in [0.15, 0.2) is 24.4 Å². The first-order chi connectivity index (χ1) is 11.0. The molecule has 0 saturated heterocycles. The molecule has 3 N–H and O–H groups in total. The Morgan fingerprint density at radius 2 is 2.00 bits per heavy atom. The Hall–Kier alpha value is -1.56. The minimum atomic E-state index is 0.406. The highest BCUT2D eigenvalue weighted by Crippen LogP contribution is 2.31. The third kappa shape index (κ3) is 5.23. The molecule has 23 heavy (non-hydrogen) atoms. The summed E-state index contributed by atoms with van der Waals surface area (Å²) in [5, 5.41) is 3.95. The fourth-order valence-electron chi connectivity index (χ4n) is 2.14. The topological polar surface area (TPSA) is 67.1 Å². The number of anilines is 3. The van der Waals surface area contributed by atoms with E-state index in [-0.39, 0.29) is 0 Å². The molecule has 0 aliphatic carbocycles. The normalized spacial score (nSPS) is 11.0. The molecular formula is C16H21Cl2N5. The Balaban J connectivity index is 2.00. The lowest BCUT2D eigenvalue weighted by Crippen LogP contribution is -2.13. The average molecular weight is 354 g/mol. The van der Waals surface area contributed by atoms with Crippen LogP contribution in [0.5, 0.6) is 0 Å². The van der Waals surface area contributed by atoms with Gasteiger partial charge in [0.05, 0.1) is 15.7 Å². The molecule has 0 spiro atoms. The summed E-state index contributed by atoms with van der Waals surface area (Å²) in [4.78, 5) is 10.8. The number of nitrogen functional groups attached to an aromatic ring is 1. The first-order valence-electron chi connectivity index (χ1n) is 7.44. The van der Waals surface area contributed by atoms with Gasteiger partial charge in [0.2, 0.25) is 5.95 Å². The van der Waals surface area contributed by atoms with Gasteiger partial charge in [-0.2, -0.15) is 4.98 Å². The number of halogens is 2. The van der Waals surface area contributed by atoms with E-state index >= 15 is 0 Å². The van der Waals surface area contributed by atoms with Crippen LogP contribution in [-0.2, 0) is 6.42 Å². The molecule has 0 unspecified atom stereocenters. The van der Waals surface area contributed by atoms with Gasteiger partial charge in [0.25, 0.3) is 0 Å². The van der Waals surface area contributed by atoms with Crippen molar-refractivity contribution in [2.24, 2.45) is 0 Å². The van der Waals surface area contributed by atoms with E-state index in [9.17, 15) is 0 Å². The average Bonchev–Trinajstić information content (AvgIpc) is 2.50. The van der Waals surface area contributed by atoms with Gasteiger partial charge in [-0.1, -0.05) is 29.3 Å². The Labute approximate surface area is 146 Å². The largest absolute Gasteiger partial charge is 0.383 e. The first-order valence-corrected chi connectivity index (χ1v) is 8.20. The van der Waals surface area contributed by atoms with Crippen LogP contribution in [0.1, 0.15) is 18.4 Å². The number of aryl methyl sites for hydroxylation is 1. The van der Waals surface area contributed by atoms with Crippen LogP contribution in [0, 0.1) is 0 Å².